The first-order chi connectivity index (χ1) is 15.6. The molecule has 1 aliphatic heterocycles. The highest BCUT2D eigenvalue weighted by Gasteiger charge is 2.33. The molecule has 0 aromatic carbocycles. The second-order valence-corrected chi connectivity index (χ2v) is 8.57. The van der Waals surface area contributed by atoms with Crippen molar-refractivity contribution in [2.75, 3.05) is 18.5 Å². The lowest BCUT2D eigenvalue weighted by atomic mass is 9.86. The van der Waals surface area contributed by atoms with Crippen LogP contribution in [-0.2, 0) is 10.9 Å². The third kappa shape index (κ3) is 5.11. The second-order valence-electron chi connectivity index (χ2n) is 8.57. The number of rotatable bonds is 5. The molecule has 1 saturated heterocycles. The number of alkyl halides is 3. The highest BCUT2D eigenvalue weighted by atomic mass is 19.4. The van der Waals surface area contributed by atoms with E-state index in [9.17, 15) is 18.0 Å². The number of imidazole rings is 1. The predicted molar refractivity (Wildman–Crippen MR) is 116 cm³/mol. The van der Waals surface area contributed by atoms with E-state index in [1.165, 1.54) is 6.07 Å². The Morgan fingerprint density at radius 2 is 2.09 bits per heavy atom. The highest BCUT2D eigenvalue weighted by molar-refractivity contribution is 6.03. The number of carbonyl (C=O) groups excluding carboxylic acids is 1. The molecule has 0 bridgehead atoms. The number of carbonyl (C=O) groups is 1. The molecule has 3 aromatic rings. The fourth-order valence-corrected chi connectivity index (χ4v) is 3.99. The summed E-state index contributed by atoms with van der Waals surface area (Å²) in [5.41, 5.74) is 0.165. The van der Waals surface area contributed by atoms with Gasteiger partial charge in [0.2, 0.25) is 0 Å². The lowest BCUT2D eigenvalue weighted by Gasteiger charge is -2.34. The zero-order valence-corrected chi connectivity index (χ0v) is 18.6. The Hall–Kier alpha value is -3.14. The van der Waals surface area contributed by atoms with Crippen LogP contribution in [0.1, 0.15) is 61.4 Å². The molecule has 1 fully saturated rings. The molecule has 4 rings (SSSR count). The fraction of sp³-hybridized carbons (Fsp3) is 0.435. The van der Waals surface area contributed by atoms with Crippen LogP contribution in [0.4, 0.5) is 18.9 Å². The largest absolute Gasteiger partial charge is 0.491 e. The molecule has 0 aliphatic carbocycles. The third-order valence-electron chi connectivity index (χ3n) is 5.51. The van der Waals surface area contributed by atoms with Crippen molar-refractivity contribution in [1.82, 2.24) is 14.4 Å². The molecule has 1 N–H and O–H groups in total. The van der Waals surface area contributed by atoms with Crippen LogP contribution in [0.25, 0.3) is 5.65 Å². The van der Waals surface area contributed by atoms with Crippen molar-refractivity contribution in [3.05, 3.63) is 53.7 Å². The summed E-state index contributed by atoms with van der Waals surface area (Å²) in [6, 6.07) is 4.90. The molecule has 33 heavy (non-hydrogen) atoms. The molecule has 0 saturated carbocycles. The van der Waals surface area contributed by atoms with E-state index in [2.05, 4.69) is 24.1 Å². The van der Waals surface area contributed by atoms with Gasteiger partial charge < -0.3 is 19.2 Å². The Morgan fingerprint density at radius 1 is 1.30 bits per heavy atom. The molecule has 7 nitrogen and oxygen atoms in total. The van der Waals surface area contributed by atoms with Crippen molar-refractivity contribution in [2.24, 2.45) is 0 Å². The normalized spacial score (nSPS) is 18.3. The van der Waals surface area contributed by atoms with Crippen molar-refractivity contribution in [3.63, 3.8) is 0 Å². The van der Waals surface area contributed by atoms with Crippen LogP contribution in [0, 0.1) is 0 Å². The van der Waals surface area contributed by atoms with Crippen molar-refractivity contribution in [2.45, 2.75) is 51.3 Å². The Morgan fingerprint density at radius 3 is 2.79 bits per heavy atom. The Kier molecular flexibility index (Phi) is 6.04. The molecule has 3 aromatic heterocycles. The van der Waals surface area contributed by atoms with E-state index in [1.807, 2.05) is 6.20 Å². The minimum atomic E-state index is -4.64. The number of hydrogen-bond donors (Lipinski definition) is 1. The zero-order valence-electron chi connectivity index (χ0n) is 18.6. The second kappa shape index (κ2) is 8.66. The van der Waals surface area contributed by atoms with Gasteiger partial charge in [-0.05, 0) is 45.7 Å². The van der Waals surface area contributed by atoms with Gasteiger partial charge in [0.05, 0.1) is 17.9 Å². The van der Waals surface area contributed by atoms with Gasteiger partial charge in [0.15, 0.2) is 0 Å². The molecule has 1 aliphatic rings. The lowest BCUT2D eigenvalue weighted by Crippen LogP contribution is -2.33. The number of nitrogens with one attached hydrogen (secondary N) is 1. The van der Waals surface area contributed by atoms with Crippen LogP contribution >= 0.6 is 0 Å². The van der Waals surface area contributed by atoms with Gasteiger partial charge >= 0.3 is 6.18 Å². The summed E-state index contributed by atoms with van der Waals surface area (Å²) >= 11 is 0. The van der Waals surface area contributed by atoms with Gasteiger partial charge in [0, 0.05) is 31.0 Å². The minimum Gasteiger partial charge on any atom is -0.491 e. The number of fused-ring (bicyclic) bond motifs is 1. The monoisotopic (exact) mass is 462 g/mol. The molecule has 176 valence electrons. The Labute approximate surface area is 188 Å². The van der Waals surface area contributed by atoms with Gasteiger partial charge in [0.1, 0.15) is 28.5 Å². The Balaban J connectivity index is 1.64. The first-order valence-electron chi connectivity index (χ1n) is 10.7. The molecule has 1 unspecified atom stereocenters. The molecular formula is C23H25F3N4O3. The lowest BCUT2D eigenvalue weighted by molar-refractivity contribution is -0.141. The number of anilines is 1. The molecular weight excluding hydrogens is 437 g/mol. The number of amides is 1. The summed E-state index contributed by atoms with van der Waals surface area (Å²) in [6.07, 6.45) is 0.593. The van der Waals surface area contributed by atoms with Crippen LogP contribution in [0.3, 0.4) is 0 Å². The maximum absolute atomic E-state index is 13.0. The molecule has 0 radical (unpaired) electrons. The number of hydrogen-bond acceptors (Lipinski definition) is 5. The number of pyridine rings is 2. The summed E-state index contributed by atoms with van der Waals surface area (Å²) in [5, 5.41) is 2.62. The molecule has 10 heteroatoms. The fourth-order valence-electron chi connectivity index (χ4n) is 3.99. The van der Waals surface area contributed by atoms with Gasteiger partial charge in [-0.25, -0.2) is 9.97 Å². The number of ether oxygens (including phenoxy) is 2. The van der Waals surface area contributed by atoms with Crippen LogP contribution in [-0.4, -0.2) is 39.1 Å². The molecule has 1 amide bonds. The smallest absolute Gasteiger partial charge is 0.433 e. The number of aromatic nitrogens is 3. The standard InChI is InChI=1S/C23H25F3N4O3/c1-4-32-18-10-20-28-16(14-8-9-33-22(2,3)11-14)12-30(20)13-17(18)29-21(31)15-6-5-7-19(27-15)23(24,25)26/h5-7,10,12-14H,4,8-9,11H2,1-3H3,(H,29,31). The van der Waals surface area contributed by atoms with Crippen LogP contribution in [0.5, 0.6) is 5.75 Å². The van der Waals surface area contributed by atoms with Crippen molar-refractivity contribution >= 4 is 17.2 Å². The highest BCUT2D eigenvalue weighted by Crippen LogP contribution is 2.36. The van der Waals surface area contributed by atoms with E-state index >= 15 is 0 Å². The van der Waals surface area contributed by atoms with E-state index in [0.29, 0.717) is 30.3 Å². The predicted octanol–water partition coefficient (Wildman–Crippen LogP) is 5.07. The topological polar surface area (TPSA) is 77.8 Å². The van der Waals surface area contributed by atoms with E-state index in [0.717, 1.165) is 30.7 Å². The van der Waals surface area contributed by atoms with Crippen molar-refractivity contribution < 1.29 is 27.4 Å². The van der Waals surface area contributed by atoms with Crippen molar-refractivity contribution in [1.29, 1.82) is 0 Å². The van der Waals surface area contributed by atoms with Gasteiger partial charge in [0.25, 0.3) is 5.91 Å². The molecule has 1 atom stereocenters. The summed E-state index contributed by atoms with van der Waals surface area (Å²) < 4.78 is 52.1. The quantitative estimate of drug-likeness (QED) is 0.573. The Bertz CT molecular complexity index is 1170. The third-order valence-corrected chi connectivity index (χ3v) is 5.51. The minimum absolute atomic E-state index is 0.230. The van der Waals surface area contributed by atoms with E-state index in [4.69, 9.17) is 14.5 Å². The summed E-state index contributed by atoms with van der Waals surface area (Å²) in [4.78, 5) is 20.9. The van der Waals surface area contributed by atoms with Gasteiger partial charge in [-0.3, -0.25) is 4.79 Å². The van der Waals surface area contributed by atoms with Crippen molar-refractivity contribution in [3.8, 4) is 5.75 Å². The maximum Gasteiger partial charge on any atom is 0.433 e. The van der Waals surface area contributed by atoms with Crippen LogP contribution in [0.2, 0.25) is 0 Å². The number of nitrogens with zero attached hydrogens (tertiary/aromatic N) is 3. The average Bonchev–Trinajstić information content (AvgIpc) is 3.16. The SMILES string of the molecule is CCOc1cc2nc(C3CCOC(C)(C)C3)cn2cc1NC(=O)c1cccc(C(F)(F)F)n1. The zero-order chi connectivity index (χ0) is 23.8. The first-order valence-corrected chi connectivity index (χ1v) is 10.7. The first kappa shape index (κ1) is 23.0. The summed E-state index contributed by atoms with van der Waals surface area (Å²) in [6.45, 7) is 6.89. The van der Waals surface area contributed by atoms with Gasteiger partial charge in [-0.15, -0.1) is 0 Å². The summed E-state index contributed by atoms with van der Waals surface area (Å²) in [7, 11) is 0. The summed E-state index contributed by atoms with van der Waals surface area (Å²) in [5.74, 6) is -0.167. The maximum atomic E-state index is 13.0. The molecule has 0 spiro atoms. The molecule has 4 heterocycles. The van der Waals surface area contributed by atoms with Crippen LogP contribution < -0.4 is 10.1 Å². The van der Waals surface area contributed by atoms with Crippen LogP contribution in [0.15, 0.2) is 36.7 Å². The van der Waals surface area contributed by atoms with E-state index in [-0.39, 0.29) is 17.2 Å². The van der Waals surface area contributed by atoms with E-state index < -0.39 is 17.8 Å². The van der Waals surface area contributed by atoms with Gasteiger partial charge in [-0.2, -0.15) is 13.2 Å². The average molecular weight is 462 g/mol. The number of halogens is 3. The van der Waals surface area contributed by atoms with Gasteiger partial charge in [-0.1, -0.05) is 6.07 Å². The van der Waals surface area contributed by atoms with E-state index in [1.54, 1.807) is 23.6 Å².